The average molecular weight is 248 g/mol. The first kappa shape index (κ1) is 11.9. The number of aliphatic hydroxyl groups is 1. The predicted octanol–water partition coefficient (Wildman–Crippen LogP) is 1.80. The molecule has 4 nitrogen and oxygen atoms in total. The minimum absolute atomic E-state index is 0.129. The summed E-state index contributed by atoms with van der Waals surface area (Å²) in [6.07, 6.45) is 8.92. The lowest BCUT2D eigenvalue weighted by Gasteiger charge is -2.28. The second-order valence-electron chi connectivity index (χ2n) is 5.23. The summed E-state index contributed by atoms with van der Waals surface area (Å²) in [7, 11) is 0. The molecule has 1 aromatic rings. The Morgan fingerprint density at radius 2 is 2.22 bits per heavy atom. The van der Waals surface area contributed by atoms with Gasteiger partial charge in [-0.3, -0.25) is 4.98 Å². The van der Waals surface area contributed by atoms with Gasteiger partial charge in [0.05, 0.1) is 12.2 Å². The molecule has 1 unspecified atom stereocenters. The number of piperidine rings is 1. The third kappa shape index (κ3) is 2.65. The smallest absolute Gasteiger partial charge is 0.128 e. The van der Waals surface area contributed by atoms with E-state index in [0.717, 1.165) is 37.1 Å². The summed E-state index contributed by atoms with van der Waals surface area (Å²) in [6, 6.07) is 1.99. The van der Waals surface area contributed by atoms with E-state index in [1.54, 1.807) is 12.4 Å². The summed E-state index contributed by atoms with van der Waals surface area (Å²) in [5.41, 5.74) is 0.823. The fourth-order valence-electron chi connectivity index (χ4n) is 2.45. The zero-order chi connectivity index (χ0) is 12.4. The standard InChI is InChI=1S/C14H20N2O2/c17-14(12-3-1-2-7-16-12)11-9-15-8-6-13(11)18-10-4-5-10/h6,8-10,12,14,16-17H,1-5,7H2/t12-,14?/m1/s1. The summed E-state index contributed by atoms with van der Waals surface area (Å²) >= 11 is 0. The minimum atomic E-state index is -0.521. The number of aliphatic hydroxyl groups excluding tert-OH is 1. The van der Waals surface area contributed by atoms with Crippen molar-refractivity contribution >= 4 is 0 Å². The average Bonchev–Trinajstić information content (AvgIpc) is 3.24. The van der Waals surface area contributed by atoms with Gasteiger partial charge < -0.3 is 15.2 Å². The zero-order valence-electron chi connectivity index (χ0n) is 10.5. The van der Waals surface area contributed by atoms with E-state index in [-0.39, 0.29) is 6.04 Å². The fourth-order valence-corrected chi connectivity index (χ4v) is 2.45. The van der Waals surface area contributed by atoms with Crippen molar-refractivity contribution in [3.8, 4) is 5.75 Å². The maximum atomic E-state index is 10.5. The van der Waals surface area contributed by atoms with Gasteiger partial charge in [-0.2, -0.15) is 0 Å². The van der Waals surface area contributed by atoms with E-state index >= 15 is 0 Å². The Bertz CT molecular complexity index is 401. The van der Waals surface area contributed by atoms with Gasteiger partial charge in [0.25, 0.3) is 0 Å². The van der Waals surface area contributed by atoms with Crippen LogP contribution in [0, 0.1) is 0 Å². The van der Waals surface area contributed by atoms with Crippen LogP contribution in [0.2, 0.25) is 0 Å². The Morgan fingerprint density at radius 1 is 1.33 bits per heavy atom. The number of hydrogen-bond donors (Lipinski definition) is 2. The minimum Gasteiger partial charge on any atom is -0.490 e. The van der Waals surface area contributed by atoms with E-state index in [2.05, 4.69) is 10.3 Å². The molecule has 18 heavy (non-hydrogen) atoms. The summed E-state index contributed by atoms with van der Waals surface area (Å²) in [4.78, 5) is 4.12. The van der Waals surface area contributed by atoms with Crippen LogP contribution in [0.3, 0.4) is 0 Å². The zero-order valence-corrected chi connectivity index (χ0v) is 10.5. The summed E-state index contributed by atoms with van der Waals surface area (Å²) in [5.74, 6) is 0.798. The molecule has 0 aromatic carbocycles. The normalized spacial score (nSPS) is 25.7. The number of nitrogens with zero attached hydrogens (tertiary/aromatic N) is 1. The molecule has 2 N–H and O–H groups in total. The fraction of sp³-hybridized carbons (Fsp3) is 0.643. The van der Waals surface area contributed by atoms with Crippen LogP contribution in [-0.2, 0) is 0 Å². The molecule has 1 aliphatic heterocycles. The Labute approximate surface area is 107 Å². The molecule has 2 fully saturated rings. The summed E-state index contributed by atoms with van der Waals surface area (Å²) in [6.45, 7) is 0.987. The van der Waals surface area contributed by atoms with E-state index < -0.39 is 6.10 Å². The lowest BCUT2D eigenvalue weighted by molar-refractivity contribution is 0.109. The molecular formula is C14H20N2O2. The maximum Gasteiger partial charge on any atom is 0.128 e. The van der Waals surface area contributed by atoms with Crippen LogP contribution in [0.4, 0.5) is 0 Å². The van der Waals surface area contributed by atoms with Gasteiger partial charge in [-0.05, 0) is 38.3 Å². The quantitative estimate of drug-likeness (QED) is 0.853. The van der Waals surface area contributed by atoms with Crippen LogP contribution in [0.5, 0.6) is 5.75 Å². The SMILES string of the molecule is OC(c1cnccc1OC1CC1)[C@H]1CCCCN1. The Hall–Kier alpha value is -1.13. The van der Waals surface area contributed by atoms with Gasteiger partial charge in [0.2, 0.25) is 0 Å². The predicted molar refractivity (Wildman–Crippen MR) is 68.5 cm³/mol. The van der Waals surface area contributed by atoms with Gasteiger partial charge in [0.15, 0.2) is 0 Å². The van der Waals surface area contributed by atoms with Crippen molar-refractivity contribution in [3.05, 3.63) is 24.0 Å². The molecule has 4 heteroatoms. The first-order valence-corrected chi connectivity index (χ1v) is 6.86. The van der Waals surface area contributed by atoms with Gasteiger partial charge in [0, 0.05) is 24.0 Å². The summed E-state index contributed by atoms with van der Waals surface area (Å²) in [5, 5.41) is 13.9. The lowest BCUT2D eigenvalue weighted by Crippen LogP contribution is -2.39. The van der Waals surface area contributed by atoms with E-state index in [1.165, 1.54) is 12.8 Å². The molecule has 0 spiro atoms. The van der Waals surface area contributed by atoms with Gasteiger partial charge >= 0.3 is 0 Å². The summed E-state index contributed by atoms with van der Waals surface area (Å²) < 4.78 is 5.84. The van der Waals surface area contributed by atoms with Gasteiger partial charge in [-0.15, -0.1) is 0 Å². The largest absolute Gasteiger partial charge is 0.490 e. The molecule has 1 saturated heterocycles. The van der Waals surface area contributed by atoms with Crippen molar-refractivity contribution in [1.82, 2.24) is 10.3 Å². The Balaban J connectivity index is 1.76. The molecular weight excluding hydrogens is 228 g/mol. The highest BCUT2D eigenvalue weighted by Crippen LogP contribution is 2.33. The van der Waals surface area contributed by atoms with Gasteiger partial charge in [-0.1, -0.05) is 6.42 Å². The maximum absolute atomic E-state index is 10.5. The number of rotatable bonds is 4. The molecule has 1 aromatic heterocycles. The van der Waals surface area contributed by atoms with Crippen molar-refractivity contribution in [2.45, 2.75) is 50.4 Å². The van der Waals surface area contributed by atoms with Crippen LogP contribution in [-0.4, -0.2) is 28.8 Å². The first-order chi connectivity index (χ1) is 8.84. The number of nitrogens with one attached hydrogen (secondary N) is 1. The monoisotopic (exact) mass is 248 g/mol. The van der Waals surface area contributed by atoms with Crippen LogP contribution in [0.25, 0.3) is 0 Å². The Kier molecular flexibility index (Phi) is 3.48. The molecule has 1 saturated carbocycles. The third-order valence-corrected chi connectivity index (χ3v) is 3.68. The Morgan fingerprint density at radius 3 is 2.94 bits per heavy atom. The number of ether oxygens (including phenoxy) is 1. The first-order valence-electron chi connectivity index (χ1n) is 6.86. The van der Waals surface area contributed by atoms with E-state index in [9.17, 15) is 5.11 Å². The van der Waals surface area contributed by atoms with Crippen LogP contribution in [0.1, 0.15) is 43.8 Å². The highest BCUT2D eigenvalue weighted by atomic mass is 16.5. The second-order valence-corrected chi connectivity index (χ2v) is 5.23. The number of aromatic nitrogens is 1. The van der Waals surface area contributed by atoms with Crippen molar-refractivity contribution in [3.63, 3.8) is 0 Å². The van der Waals surface area contributed by atoms with Crippen molar-refractivity contribution in [2.75, 3.05) is 6.54 Å². The van der Waals surface area contributed by atoms with Gasteiger partial charge in [-0.25, -0.2) is 0 Å². The molecule has 0 amide bonds. The van der Waals surface area contributed by atoms with Crippen molar-refractivity contribution in [1.29, 1.82) is 0 Å². The highest BCUT2D eigenvalue weighted by Gasteiger charge is 2.29. The second kappa shape index (κ2) is 5.24. The molecule has 1 aliphatic carbocycles. The highest BCUT2D eigenvalue weighted by molar-refractivity contribution is 5.33. The molecule has 2 heterocycles. The third-order valence-electron chi connectivity index (χ3n) is 3.68. The number of pyridine rings is 1. The molecule has 0 bridgehead atoms. The van der Waals surface area contributed by atoms with Crippen molar-refractivity contribution in [2.24, 2.45) is 0 Å². The molecule has 98 valence electrons. The molecule has 3 rings (SSSR count). The van der Waals surface area contributed by atoms with Crippen LogP contribution < -0.4 is 10.1 Å². The lowest BCUT2D eigenvalue weighted by atomic mass is 9.95. The van der Waals surface area contributed by atoms with Crippen LogP contribution >= 0.6 is 0 Å². The molecule has 0 radical (unpaired) electrons. The van der Waals surface area contributed by atoms with E-state index in [4.69, 9.17) is 4.74 Å². The number of hydrogen-bond acceptors (Lipinski definition) is 4. The van der Waals surface area contributed by atoms with Gasteiger partial charge in [0.1, 0.15) is 5.75 Å². The van der Waals surface area contributed by atoms with E-state index in [0.29, 0.717) is 6.10 Å². The molecule has 2 aliphatic rings. The topological polar surface area (TPSA) is 54.4 Å². The molecule has 2 atom stereocenters. The van der Waals surface area contributed by atoms with E-state index in [1.807, 2.05) is 6.07 Å². The van der Waals surface area contributed by atoms with Crippen LogP contribution in [0.15, 0.2) is 18.5 Å². The van der Waals surface area contributed by atoms with Crippen molar-refractivity contribution < 1.29 is 9.84 Å².